The van der Waals surface area contributed by atoms with Gasteiger partial charge in [-0.1, -0.05) is 20.8 Å². The smallest absolute Gasteiger partial charge is 0.0749 e. The summed E-state index contributed by atoms with van der Waals surface area (Å²) in [6, 6.07) is 0.644. The van der Waals surface area contributed by atoms with Crippen LogP contribution in [0.25, 0.3) is 0 Å². The zero-order valence-corrected chi connectivity index (χ0v) is 13.2. The number of rotatable bonds is 6. The highest BCUT2D eigenvalue weighted by Gasteiger charge is 2.37. The van der Waals surface area contributed by atoms with Gasteiger partial charge < -0.3 is 10.1 Å². The van der Waals surface area contributed by atoms with Gasteiger partial charge in [-0.25, -0.2) is 0 Å². The van der Waals surface area contributed by atoms with E-state index in [2.05, 4.69) is 44.8 Å². The lowest BCUT2D eigenvalue weighted by molar-refractivity contribution is -0.0382. The Morgan fingerprint density at radius 1 is 1.28 bits per heavy atom. The Balaban J connectivity index is 2.76. The fourth-order valence-corrected chi connectivity index (χ4v) is 2.90. The molecule has 1 aliphatic rings. The monoisotopic (exact) mass is 256 g/mol. The van der Waals surface area contributed by atoms with Crippen LogP contribution < -0.4 is 5.32 Å². The summed E-state index contributed by atoms with van der Waals surface area (Å²) in [6.07, 6.45) is 3.60. The van der Waals surface area contributed by atoms with Crippen LogP contribution in [0.1, 0.15) is 53.9 Å². The molecule has 0 aromatic carbocycles. The fourth-order valence-electron chi connectivity index (χ4n) is 2.90. The first-order valence-electron chi connectivity index (χ1n) is 7.46. The van der Waals surface area contributed by atoms with E-state index in [0.29, 0.717) is 11.6 Å². The molecule has 0 saturated carbocycles. The predicted molar refractivity (Wildman–Crippen MR) is 78.1 cm³/mol. The van der Waals surface area contributed by atoms with Gasteiger partial charge in [0.15, 0.2) is 0 Å². The summed E-state index contributed by atoms with van der Waals surface area (Å²) in [7, 11) is 1.82. The summed E-state index contributed by atoms with van der Waals surface area (Å²) in [5, 5.41) is 3.78. The maximum absolute atomic E-state index is 5.61. The third-order valence-corrected chi connectivity index (χ3v) is 4.70. The molecule has 18 heavy (non-hydrogen) atoms. The lowest BCUT2D eigenvalue weighted by Gasteiger charge is -2.49. The Hall–Kier alpha value is -0.120. The largest absolute Gasteiger partial charge is 0.377 e. The second-order valence-corrected chi connectivity index (χ2v) is 6.30. The van der Waals surface area contributed by atoms with Crippen molar-refractivity contribution in [2.45, 2.75) is 71.1 Å². The van der Waals surface area contributed by atoms with Crippen molar-refractivity contribution >= 4 is 0 Å². The number of methoxy groups -OCH3 is 1. The van der Waals surface area contributed by atoms with E-state index in [-0.39, 0.29) is 5.60 Å². The molecular weight excluding hydrogens is 224 g/mol. The third kappa shape index (κ3) is 3.69. The lowest BCUT2D eigenvalue weighted by Crippen LogP contribution is -2.65. The zero-order chi connectivity index (χ0) is 13.8. The molecule has 1 rings (SSSR count). The topological polar surface area (TPSA) is 24.5 Å². The highest BCUT2D eigenvalue weighted by molar-refractivity contribution is 4.97. The van der Waals surface area contributed by atoms with Crippen LogP contribution in [-0.2, 0) is 4.74 Å². The van der Waals surface area contributed by atoms with Gasteiger partial charge in [-0.15, -0.1) is 0 Å². The summed E-state index contributed by atoms with van der Waals surface area (Å²) < 4.78 is 5.61. The Morgan fingerprint density at radius 3 is 2.33 bits per heavy atom. The minimum atomic E-state index is -0.0576. The molecule has 1 atom stereocenters. The molecule has 1 N–H and O–H groups in total. The summed E-state index contributed by atoms with van der Waals surface area (Å²) >= 11 is 0. The van der Waals surface area contributed by atoms with E-state index in [0.717, 1.165) is 19.6 Å². The van der Waals surface area contributed by atoms with Crippen LogP contribution in [0.2, 0.25) is 0 Å². The minimum absolute atomic E-state index is 0.0576. The molecule has 1 saturated heterocycles. The first kappa shape index (κ1) is 15.9. The Kier molecular flexibility index (Phi) is 5.63. The molecular formula is C15H32N2O. The van der Waals surface area contributed by atoms with Crippen LogP contribution in [0.4, 0.5) is 0 Å². The summed E-state index contributed by atoms with van der Waals surface area (Å²) in [6.45, 7) is 14.5. The van der Waals surface area contributed by atoms with Gasteiger partial charge in [-0.05, 0) is 33.1 Å². The van der Waals surface area contributed by atoms with E-state index >= 15 is 0 Å². The van der Waals surface area contributed by atoms with Crippen molar-refractivity contribution in [2.24, 2.45) is 0 Å². The van der Waals surface area contributed by atoms with Crippen molar-refractivity contribution < 1.29 is 4.74 Å². The van der Waals surface area contributed by atoms with Crippen molar-refractivity contribution in [3.05, 3.63) is 0 Å². The maximum atomic E-state index is 5.61. The highest BCUT2D eigenvalue weighted by Crippen LogP contribution is 2.25. The van der Waals surface area contributed by atoms with Gasteiger partial charge in [0.1, 0.15) is 0 Å². The molecule has 1 fully saturated rings. The standard InChI is InChI=1S/C15H32N2O/c1-7-13-10-16-15(8-2,9-3)12-17(13)11-14(4,5)18-6/h13,16H,7-12H2,1-6H3. The van der Waals surface area contributed by atoms with Crippen molar-refractivity contribution in [3.63, 3.8) is 0 Å². The molecule has 108 valence electrons. The Labute approximate surface area is 113 Å². The highest BCUT2D eigenvalue weighted by atomic mass is 16.5. The molecule has 0 bridgehead atoms. The molecule has 1 unspecified atom stereocenters. The molecule has 1 aliphatic heterocycles. The SMILES string of the molecule is CCC1CNC(CC)(CC)CN1CC(C)(C)OC. The fraction of sp³-hybridized carbons (Fsp3) is 1.00. The van der Waals surface area contributed by atoms with Crippen molar-refractivity contribution in [1.29, 1.82) is 0 Å². The molecule has 3 heteroatoms. The second-order valence-electron chi connectivity index (χ2n) is 6.30. The minimum Gasteiger partial charge on any atom is -0.377 e. The summed E-state index contributed by atoms with van der Waals surface area (Å²) in [4.78, 5) is 2.63. The second kappa shape index (κ2) is 6.36. The van der Waals surface area contributed by atoms with E-state index in [9.17, 15) is 0 Å². The lowest BCUT2D eigenvalue weighted by atomic mass is 9.87. The molecule has 0 aliphatic carbocycles. The van der Waals surface area contributed by atoms with Gasteiger partial charge in [-0.2, -0.15) is 0 Å². The Bertz CT molecular complexity index is 249. The van der Waals surface area contributed by atoms with E-state index in [1.165, 1.54) is 19.3 Å². The van der Waals surface area contributed by atoms with Gasteiger partial charge in [0, 0.05) is 38.3 Å². The van der Waals surface area contributed by atoms with Gasteiger partial charge >= 0.3 is 0 Å². The molecule has 0 spiro atoms. The Morgan fingerprint density at radius 2 is 1.89 bits per heavy atom. The molecule has 0 amide bonds. The zero-order valence-electron chi connectivity index (χ0n) is 13.2. The first-order chi connectivity index (χ1) is 8.42. The van der Waals surface area contributed by atoms with Crippen LogP contribution in [-0.4, -0.2) is 48.8 Å². The van der Waals surface area contributed by atoms with Gasteiger partial charge in [0.05, 0.1) is 5.60 Å². The number of ether oxygens (including phenoxy) is 1. The van der Waals surface area contributed by atoms with E-state index in [4.69, 9.17) is 4.74 Å². The first-order valence-corrected chi connectivity index (χ1v) is 7.46. The quantitative estimate of drug-likeness (QED) is 0.791. The van der Waals surface area contributed by atoms with Crippen LogP contribution in [0.15, 0.2) is 0 Å². The third-order valence-electron chi connectivity index (χ3n) is 4.70. The number of nitrogens with one attached hydrogen (secondary N) is 1. The average molecular weight is 256 g/mol. The van der Waals surface area contributed by atoms with Crippen molar-refractivity contribution in [1.82, 2.24) is 10.2 Å². The number of nitrogens with zero attached hydrogens (tertiary/aromatic N) is 1. The van der Waals surface area contributed by atoms with Gasteiger partial charge in [0.2, 0.25) is 0 Å². The van der Waals surface area contributed by atoms with E-state index in [1.54, 1.807) is 0 Å². The van der Waals surface area contributed by atoms with Crippen molar-refractivity contribution in [2.75, 3.05) is 26.7 Å². The predicted octanol–water partition coefficient (Wildman–Crippen LogP) is 2.65. The normalized spacial score (nSPS) is 25.3. The molecule has 3 nitrogen and oxygen atoms in total. The summed E-state index contributed by atoms with van der Waals surface area (Å²) in [5.41, 5.74) is 0.244. The number of hydrogen-bond acceptors (Lipinski definition) is 3. The van der Waals surface area contributed by atoms with Crippen LogP contribution >= 0.6 is 0 Å². The average Bonchev–Trinajstić information content (AvgIpc) is 2.38. The van der Waals surface area contributed by atoms with E-state index < -0.39 is 0 Å². The molecule has 0 aromatic heterocycles. The van der Waals surface area contributed by atoms with Gasteiger partial charge in [-0.3, -0.25) is 4.90 Å². The molecule has 0 radical (unpaired) electrons. The number of hydrogen-bond donors (Lipinski definition) is 1. The van der Waals surface area contributed by atoms with E-state index in [1.807, 2.05) is 7.11 Å². The van der Waals surface area contributed by atoms with Crippen molar-refractivity contribution in [3.8, 4) is 0 Å². The van der Waals surface area contributed by atoms with Gasteiger partial charge in [0.25, 0.3) is 0 Å². The molecule has 0 aromatic rings. The van der Waals surface area contributed by atoms with Crippen LogP contribution in [0, 0.1) is 0 Å². The maximum Gasteiger partial charge on any atom is 0.0749 e. The number of piperazine rings is 1. The summed E-state index contributed by atoms with van der Waals surface area (Å²) in [5.74, 6) is 0. The van der Waals surface area contributed by atoms with Crippen LogP contribution in [0.3, 0.4) is 0 Å². The molecule has 1 heterocycles. The van der Waals surface area contributed by atoms with Crippen LogP contribution in [0.5, 0.6) is 0 Å².